The number of rotatable bonds is 4. The summed E-state index contributed by atoms with van der Waals surface area (Å²) in [6, 6.07) is 13.6. The second kappa shape index (κ2) is 6.47. The summed E-state index contributed by atoms with van der Waals surface area (Å²) in [7, 11) is 1.66. The van der Waals surface area contributed by atoms with Gasteiger partial charge >= 0.3 is 0 Å². The fraction of sp³-hybridized carbons (Fsp3) is 0.263. The number of fused-ring (bicyclic) bond motifs is 1. The summed E-state index contributed by atoms with van der Waals surface area (Å²) in [5.41, 5.74) is 2.90. The Morgan fingerprint density at radius 3 is 2.80 bits per heavy atom. The average molecular weight is 336 g/mol. The molecule has 0 bridgehead atoms. The van der Waals surface area contributed by atoms with E-state index >= 15 is 0 Å². The number of benzene rings is 1. The Morgan fingerprint density at radius 2 is 2.08 bits per heavy atom. The molecule has 0 saturated heterocycles. The lowest BCUT2D eigenvalue weighted by atomic mass is 9.93. The number of nitrogens with one attached hydrogen (secondary N) is 2. The van der Waals surface area contributed by atoms with Crippen LogP contribution < -0.4 is 15.6 Å². The van der Waals surface area contributed by atoms with Gasteiger partial charge in [0.05, 0.1) is 7.11 Å². The standard InChI is InChI=1S/C19H20N4O2/c1-25-15-8-5-13(6-9-15)21-14-7-10-17-16(12-14)19(24)23(22-17)18-4-2-3-11-20-18/h2-6,8-9,11,14,21-22H,7,10,12H2,1H3. The zero-order valence-electron chi connectivity index (χ0n) is 14.0. The number of pyridine rings is 1. The first-order valence-electron chi connectivity index (χ1n) is 8.39. The summed E-state index contributed by atoms with van der Waals surface area (Å²) >= 11 is 0. The van der Waals surface area contributed by atoms with E-state index in [1.165, 1.54) is 0 Å². The van der Waals surface area contributed by atoms with Crippen molar-refractivity contribution in [2.75, 3.05) is 12.4 Å². The monoisotopic (exact) mass is 336 g/mol. The quantitative estimate of drug-likeness (QED) is 0.768. The molecule has 0 radical (unpaired) electrons. The molecule has 1 aliphatic carbocycles. The number of nitrogens with zero attached hydrogens (tertiary/aromatic N) is 2. The van der Waals surface area contributed by atoms with E-state index < -0.39 is 0 Å². The molecular formula is C19H20N4O2. The molecule has 2 heterocycles. The Morgan fingerprint density at radius 1 is 1.24 bits per heavy atom. The molecule has 0 amide bonds. The highest BCUT2D eigenvalue weighted by molar-refractivity contribution is 5.47. The number of aryl methyl sites for hydroxylation is 1. The number of aromatic nitrogens is 3. The van der Waals surface area contributed by atoms with E-state index in [0.717, 1.165) is 35.5 Å². The van der Waals surface area contributed by atoms with E-state index in [0.29, 0.717) is 12.2 Å². The Labute approximate surface area is 145 Å². The van der Waals surface area contributed by atoms with E-state index in [2.05, 4.69) is 15.4 Å². The summed E-state index contributed by atoms with van der Waals surface area (Å²) in [4.78, 5) is 17.0. The number of hydrogen-bond donors (Lipinski definition) is 2. The second-order valence-electron chi connectivity index (χ2n) is 6.21. The van der Waals surface area contributed by atoms with Gasteiger partial charge in [-0.15, -0.1) is 0 Å². The second-order valence-corrected chi connectivity index (χ2v) is 6.21. The molecule has 2 aromatic heterocycles. The minimum atomic E-state index is -0.00469. The normalized spacial score (nSPS) is 16.3. The highest BCUT2D eigenvalue weighted by atomic mass is 16.5. The van der Waals surface area contributed by atoms with Gasteiger partial charge in [-0.1, -0.05) is 6.07 Å². The van der Waals surface area contributed by atoms with Crippen LogP contribution in [0.1, 0.15) is 17.7 Å². The molecule has 2 N–H and O–H groups in total. The van der Waals surface area contributed by atoms with Crippen LogP contribution in [0.5, 0.6) is 5.75 Å². The Bertz CT molecular complexity index is 913. The molecule has 6 heteroatoms. The molecular weight excluding hydrogens is 316 g/mol. The van der Waals surface area contributed by atoms with Crippen LogP contribution >= 0.6 is 0 Å². The Kier molecular flexibility index (Phi) is 4.01. The van der Waals surface area contributed by atoms with Crippen molar-refractivity contribution in [1.29, 1.82) is 0 Å². The van der Waals surface area contributed by atoms with Crippen molar-refractivity contribution >= 4 is 5.69 Å². The molecule has 4 rings (SSSR count). The SMILES string of the molecule is COc1ccc(NC2CCc3[nH]n(-c4ccccn4)c(=O)c3C2)cc1. The van der Waals surface area contributed by atoms with Crippen molar-refractivity contribution in [3.05, 3.63) is 70.3 Å². The highest BCUT2D eigenvalue weighted by Gasteiger charge is 2.24. The van der Waals surface area contributed by atoms with Crippen molar-refractivity contribution in [3.8, 4) is 11.6 Å². The van der Waals surface area contributed by atoms with Gasteiger partial charge in [0, 0.05) is 29.2 Å². The van der Waals surface area contributed by atoms with Gasteiger partial charge in [0.15, 0.2) is 5.82 Å². The topological polar surface area (TPSA) is 71.9 Å². The number of ether oxygens (including phenoxy) is 1. The molecule has 0 spiro atoms. The zero-order valence-corrected chi connectivity index (χ0v) is 14.0. The Balaban J connectivity index is 1.55. The lowest BCUT2D eigenvalue weighted by Gasteiger charge is -2.23. The molecule has 0 aliphatic heterocycles. The number of H-pyrrole nitrogens is 1. The molecule has 25 heavy (non-hydrogen) atoms. The van der Waals surface area contributed by atoms with Crippen LogP contribution in [0, 0.1) is 0 Å². The van der Waals surface area contributed by atoms with Gasteiger partial charge in [-0.2, -0.15) is 0 Å². The third-order valence-electron chi connectivity index (χ3n) is 4.60. The van der Waals surface area contributed by atoms with Crippen LogP contribution in [0.4, 0.5) is 5.69 Å². The fourth-order valence-electron chi connectivity index (χ4n) is 3.30. The maximum absolute atomic E-state index is 12.7. The number of aromatic amines is 1. The summed E-state index contributed by atoms with van der Waals surface area (Å²) < 4.78 is 6.73. The largest absolute Gasteiger partial charge is 0.497 e. The molecule has 0 saturated carbocycles. The van der Waals surface area contributed by atoms with Gasteiger partial charge < -0.3 is 10.1 Å². The lowest BCUT2D eigenvalue weighted by Crippen LogP contribution is -2.30. The first-order valence-corrected chi connectivity index (χ1v) is 8.39. The summed E-state index contributed by atoms with van der Waals surface area (Å²) in [5.74, 6) is 1.46. The first kappa shape index (κ1) is 15.5. The van der Waals surface area contributed by atoms with Gasteiger partial charge in [-0.3, -0.25) is 9.89 Å². The van der Waals surface area contributed by atoms with Gasteiger partial charge in [0.25, 0.3) is 5.56 Å². The third kappa shape index (κ3) is 3.03. The van der Waals surface area contributed by atoms with Gasteiger partial charge in [-0.05, 0) is 55.7 Å². The van der Waals surface area contributed by atoms with Crippen molar-refractivity contribution in [2.45, 2.75) is 25.3 Å². The summed E-state index contributed by atoms with van der Waals surface area (Å²) in [6.45, 7) is 0. The Hall–Kier alpha value is -3.02. The van der Waals surface area contributed by atoms with Crippen molar-refractivity contribution in [3.63, 3.8) is 0 Å². The van der Waals surface area contributed by atoms with Crippen LogP contribution in [0.3, 0.4) is 0 Å². The average Bonchev–Trinajstić information content (AvgIpc) is 2.99. The molecule has 6 nitrogen and oxygen atoms in total. The smallest absolute Gasteiger partial charge is 0.276 e. The van der Waals surface area contributed by atoms with Gasteiger partial charge in [-0.25, -0.2) is 9.67 Å². The number of methoxy groups -OCH3 is 1. The van der Waals surface area contributed by atoms with Gasteiger partial charge in [0.2, 0.25) is 0 Å². The molecule has 3 aromatic rings. The maximum atomic E-state index is 12.7. The van der Waals surface area contributed by atoms with Crippen LogP contribution in [0.15, 0.2) is 53.5 Å². The number of anilines is 1. The van der Waals surface area contributed by atoms with Crippen molar-refractivity contribution in [2.24, 2.45) is 0 Å². The number of hydrogen-bond acceptors (Lipinski definition) is 4. The van der Waals surface area contributed by atoms with E-state index in [9.17, 15) is 4.79 Å². The zero-order chi connectivity index (χ0) is 17.2. The van der Waals surface area contributed by atoms with Crippen LogP contribution in [-0.2, 0) is 12.8 Å². The lowest BCUT2D eigenvalue weighted by molar-refractivity contribution is 0.415. The predicted molar refractivity (Wildman–Crippen MR) is 96.6 cm³/mol. The molecule has 0 fully saturated rings. The summed E-state index contributed by atoms with van der Waals surface area (Å²) in [5, 5.41) is 6.73. The highest BCUT2D eigenvalue weighted by Crippen LogP contribution is 2.22. The maximum Gasteiger partial charge on any atom is 0.276 e. The van der Waals surface area contributed by atoms with Gasteiger partial charge in [0.1, 0.15) is 5.75 Å². The third-order valence-corrected chi connectivity index (χ3v) is 4.60. The van der Waals surface area contributed by atoms with E-state index in [1.807, 2.05) is 42.5 Å². The molecule has 1 aromatic carbocycles. The predicted octanol–water partition coefficient (Wildman–Crippen LogP) is 2.54. The van der Waals surface area contributed by atoms with Crippen LogP contribution in [-0.4, -0.2) is 27.9 Å². The minimum Gasteiger partial charge on any atom is -0.497 e. The van der Waals surface area contributed by atoms with E-state index in [-0.39, 0.29) is 11.6 Å². The molecule has 128 valence electrons. The molecule has 1 atom stereocenters. The molecule has 1 aliphatic rings. The fourth-order valence-corrected chi connectivity index (χ4v) is 3.30. The van der Waals surface area contributed by atoms with Crippen LogP contribution in [0.2, 0.25) is 0 Å². The van der Waals surface area contributed by atoms with E-state index in [4.69, 9.17) is 4.74 Å². The summed E-state index contributed by atoms with van der Waals surface area (Å²) in [6.07, 6.45) is 4.21. The molecule has 1 unspecified atom stereocenters. The van der Waals surface area contributed by atoms with Crippen molar-refractivity contribution < 1.29 is 4.74 Å². The van der Waals surface area contributed by atoms with Crippen molar-refractivity contribution in [1.82, 2.24) is 14.8 Å². The van der Waals surface area contributed by atoms with Crippen LogP contribution in [0.25, 0.3) is 5.82 Å². The van der Waals surface area contributed by atoms with E-state index in [1.54, 1.807) is 18.0 Å². The minimum absolute atomic E-state index is 0.00469. The first-order chi connectivity index (χ1) is 12.2.